The van der Waals surface area contributed by atoms with E-state index in [2.05, 4.69) is 27.5 Å². The second-order valence-corrected chi connectivity index (χ2v) is 5.13. The Balaban J connectivity index is 1.60. The van der Waals surface area contributed by atoms with Crippen LogP contribution in [-0.2, 0) is 13.6 Å². The number of aromatic nitrogens is 3. The van der Waals surface area contributed by atoms with Gasteiger partial charge < -0.3 is 10.2 Å². The van der Waals surface area contributed by atoms with E-state index < -0.39 is 0 Å². The summed E-state index contributed by atoms with van der Waals surface area (Å²) < 4.78 is 1.74. The van der Waals surface area contributed by atoms with Crippen LogP contribution in [0.25, 0.3) is 0 Å². The molecule has 0 aliphatic carbocycles. The highest BCUT2D eigenvalue weighted by molar-refractivity contribution is 4.90. The topological polar surface area (TPSA) is 46.0 Å². The molecule has 2 rings (SSSR count). The molecule has 0 radical (unpaired) electrons. The quantitative estimate of drug-likeness (QED) is 0.788. The van der Waals surface area contributed by atoms with Gasteiger partial charge in [0.05, 0.1) is 5.69 Å². The minimum Gasteiger partial charge on any atom is -0.311 e. The third-order valence-corrected chi connectivity index (χ3v) is 3.22. The van der Waals surface area contributed by atoms with Crippen LogP contribution in [-0.4, -0.2) is 46.1 Å². The molecular formula is C12H23N5. The van der Waals surface area contributed by atoms with E-state index in [0.717, 1.165) is 18.8 Å². The van der Waals surface area contributed by atoms with Crippen LogP contribution in [0.4, 0.5) is 0 Å². The fourth-order valence-electron chi connectivity index (χ4n) is 2.39. The van der Waals surface area contributed by atoms with E-state index in [9.17, 15) is 0 Å². The lowest BCUT2D eigenvalue weighted by Crippen LogP contribution is -2.31. The number of nitrogens with zero attached hydrogens (tertiary/aromatic N) is 4. The molecule has 1 aromatic rings. The molecular weight excluding hydrogens is 214 g/mol. The Hall–Kier alpha value is -0.940. The highest BCUT2D eigenvalue weighted by atomic mass is 15.4. The second-order valence-electron chi connectivity index (χ2n) is 5.13. The molecule has 0 bridgehead atoms. The van der Waals surface area contributed by atoms with Gasteiger partial charge in [0.1, 0.15) is 0 Å². The van der Waals surface area contributed by atoms with Crippen molar-refractivity contribution in [2.24, 2.45) is 13.0 Å². The van der Waals surface area contributed by atoms with Gasteiger partial charge in [-0.2, -0.15) is 0 Å². The summed E-state index contributed by atoms with van der Waals surface area (Å²) in [5, 5.41) is 11.4. The molecule has 17 heavy (non-hydrogen) atoms. The summed E-state index contributed by atoms with van der Waals surface area (Å²) in [6.45, 7) is 7.96. The maximum Gasteiger partial charge on any atom is 0.0964 e. The van der Waals surface area contributed by atoms with Crippen molar-refractivity contribution in [1.29, 1.82) is 0 Å². The maximum absolute atomic E-state index is 4.06. The molecule has 1 aliphatic rings. The Morgan fingerprint density at radius 2 is 2.18 bits per heavy atom. The second kappa shape index (κ2) is 6.12. The zero-order valence-corrected chi connectivity index (χ0v) is 10.9. The number of nitrogens with one attached hydrogen (secondary N) is 1. The third kappa shape index (κ3) is 4.09. The summed E-state index contributed by atoms with van der Waals surface area (Å²) >= 11 is 0. The number of rotatable bonds is 6. The first-order chi connectivity index (χ1) is 8.24. The summed E-state index contributed by atoms with van der Waals surface area (Å²) in [5.74, 6) is 0.699. The predicted octanol–water partition coefficient (Wildman–Crippen LogP) is 0.637. The summed E-state index contributed by atoms with van der Waals surface area (Å²) in [7, 11) is 1.90. The first-order valence-electron chi connectivity index (χ1n) is 6.52. The number of hydrogen-bond donors (Lipinski definition) is 1. The van der Waals surface area contributed by atoms with Gasteiger partial charge in [0, 0.05) is 26.3 Å². The molecule has 1 aromatic heterocycles. The van der Waals surface area contributed by atoms with Gasteiger partial charge in [-0.25, -0.2) is 0 Å². The molecule has 1 fully saturated rings. The molecule has 0 saturated carbocycles. The maximum atomic E-state index is 4.06. The smallest absolute Gasteiger partial charge is 0.0964 e. The first kappa shape index (κ1) is 12.5. The molecule has 1 unspecified atom stereocenters. The van der Waals surface area contributed by atoms with Gasteiger partial charge in [-0.05, 0) is 38.4 Å². The van der Waals surface area contributed by atoms with Gasteiger partial charge in [0.15, 0.2) is 0 Å². The van der Waals surface area contributed by atoms with E-state index >= 15 is 0 Å². The van der Waals surface area contributed by atoms with Crippen LogP contribution in [0.2, 0.25) is 0 Å². The predicted molar refractivity (Wildman–Crippen MR) is 67.5 cm³/mol. The molecule has 5 heteroatoms. The average Bonchev–Trinajstić information content (AvgIpc) is 2.90. The third-order valence-electron chi connectivity index (χ3n) is 3.22. The van der Waals surface area contributed by atoms with Gasteiger partial charge in [-0.3, -0.25) is 4.68 Å². The minimum absolute atomic E-state index is 0.699. The standard InChI is InChI=1S/C12H23N5/c1-11(9-17-5-3-4-6-17)7-13-8-12-10-16(2)15-14-12/h10-11,13H,3-9H2,1-2H3. The van der Waals surface area contributed by atoms with E-state index in [1.165, 1.54) is 32.5 Å². The number of hydrogen-bond acceptors (Lipinski definition) is 4. The van der Waals surface area contributed by atoms with Gasteiger partial charge in [-0.1, -0.05) is 12.1 Å². The fraction of sp³-hybridized carbons (Fsp3) is 0.833. The molecule has 0 spiro atoms. The lowest BCUT2D eigenvalue weighted by molar-refractivity contribution is 0.282. The van der Waals surface area contributed by atoms with Crippen LogP contribution in [0.3, 0.4) is 0 Å². The molecule has 96 valence electrons. The van der Waals surface area contributed by atoms with Gasteiger partial charge in [0.25, 0.3) is 0 Å². The largest absolute Gasteiger partial charge is 0.311 e. The van der Waals surface area contributed by atoms with Gasteiger partial charge in [0.2, 0.25) is 0 Å². The fourth-order valence-corrected chi connectivity index (χ4v) is 2.39. The van der Waals surface area contributed by atoms with Gasteiger partial charge in [-0.15, -0.1) is 5.10 Å². The highest BCUT2D eigenvalue weighted by Crippen LogP contribution is 2.09. The molecule has 1 atom stereocenters. The van der Waals surface area contributed by atoms with E-state index in [1.807, 2.05) is 13.2 Å². The molecule has 0 aromatic carbocycles. The average molecular weight is 237 g/mol. The van der Waals surface area contributed by atoms with E-state index in [4.69, 9.17) is 0 Å². The summed E-state index contributed by atoms with van der Waals surface area (Å²) in [4.78, 5) is 2.56. The van der Waals surface area contributed by atoms with E-state index in [-0.39, 0.29) is 0 Å². The normalized spacial score (nSPS) is 18.7. The van der Waals surface area contributed by atoms with Crippen LogP contribution < -0.4 is 5.32 Å². The summed E-state index contributed by atoms with van der Waals surface area (Å²) in [5.41, 5.74) is 1.01. The lowest BCUT2D eigenvalue weighted by atomic mass is 10.1. The Morgan fingerprint density at radius 3 is 2.82 bits per heavy atom. The van der Waals surface area contributed by atoms with Crippen LogP contribution in [0.1, 0.15) is 25.5 Å². The zero-order valence-electron chi connectivity index (χ0n) is 10.9. The Morgan fingerprint density at radius 1 is 1.41 bits per heavy atom. The molecule has 1 aliphatic heterocycles. The Bertz CT molecular complexity index is 329. The van der Waals surface area contributed by atoms with Crippen molar-refractivity contribution < 1.29 is 0 Å². The highest BCUT2D eigenvalue weighted by Gasteiger charge is 2.14. The molecule has 1 saturated heterocycles. The number of aryl methyl sites for hydroxylation is 1. The first-order valence-corrected chi connectivity index (χ1v) is 6.52. The lowest BCUT2D eigenvalue weighted by Gasteiger charge is -2.20. The molecule has 5 nitrogen and oxygen atoms in total. The van der Waals surface area contributed by atoms with Crippen LogP contribution in [0.5, 0.6) is 0 Å². The van der Waals surface area contributed by atoms with Crippen LogP contribution in [0, 0.1) is 5.92 Å². The van der Waals surface area contributed by atoms with Crippen molar-refractivity contribution in [2.45, 2.75) is 26.3 Å². The molecule has 1 N–H and O–H groups in total. The van der Waals surface area contributed by atoms with Crippen LogP contribution >= 0.6 is 0 Å². The minimum atomic E-state index is 0.699. The van der Waals surface area contributed by atoms with Crippen molar-refractivity contribution >= 4 is 0 Å². The van der Waals surface area contributed by atoms with Crippen LogP contribution in [0.15, 0.2) is 6.20 Å². The zero-order chi connectivity index (χ0) is 12.1. The van der Waals surface area contributed by atoms with Crippen molar-refractivity contribution in [1.82, 2.24) is 25.2 Å². The summed E-state index contributed by atoms with van der Waals surface area (Å²) in [6, 6.07) is 0. The van der Waals surface area contributed by atoms with Crippen molar-refractivity contribution in [3.63, 3.8) is 0 Å². The SMILES string of the molecule is CC(CNCc1cn(C)nn1)CN1CCCC1. The monoisotopic (exact) mass is 237 g/mol. The Kier molecular flexibility index (Phi) is 4.50. The molecule has 0 amide bonds. The van der Waals surface area contributed by atoms with Gasteiger partial charge >= 0.3 is 0 Å². The van der Waals surface area contributed by atoms with Crippen molar-refractivity contribution in [2.75, 3.05) is 26.2 Å². The summed E-state index contributed by atoms with van der Waals surface area (Å²) in [6.07, 6.45) is 4.71. The van der Waals surface area contributed by atoms with E-state index in [1.54, 1.807) is 4.68 Å². The van der Waals surface area contributed by atoms with Crippen molar-refractivity contribution in [3.05, 3.63) is 11.9 Å². The molecule has 2 heterocycles. The van der Waals surface area contributed by atoms with E-state index in [0.29, 0.717) is 5.92 Å². The Labute approximate surface area is 103 Å². The van der Waals surface area contributed by atoms with Crippen molar-refractivity contribution in [3.8, 4) is 0 Å². The number of likely N-dealkylation sites (tertiary alicyclic amines) is 1.